The summed E-state index contributed by atoms with van der Waals surface area (Å²) in [6.07, 6.45) is -3.92. The molecule has 1 amide bonds. The van der Waals surface area contributed by atoms with Crippen LogP contribution in [0.25, 0.3) is 0 Å². The van der Waals surface area contributed by atoms with Gasteiger partial charge in [-0.3, -0.25) is 19.5 Å². The normalized spacial score (nSPS) is 41.7. The molecule has 55 heavy (non-hydrogen) atoms. The number of fused-ring (bicyclic) bond motifs is 1. The summed E-state index contributed by atoms with van der Waals surface area (Å²) in [4.78, 5) is 52.5. The van der Waals surface area contributed by atoms with Crippen LogP contribution in [0, 0.1) is 23.2 Å². The van der Waals surface area contributed by atoms with Crippen LogP contribution in [-0.4, -0.2) is 138 Å². The SMILES string of the molecule is CC[C@@H]1OC(=O)C(C)(Cc2ccc(Cl)cc2)C(=O)[C@H](C)[C@@H](OC2O[C@H](C)C[C@H](N(C)C)[C@H]2O)[C@@](C)(OC)C[C@@H](C)C2=NC[C@@H](CO)N3C(=O)OC1(C)C3[C@H]2C. The van der Waals surface area contributed by atoms with Gasteiger partial charge in [0.25, 0.3) is 0 Å². The number of carbonyl (C=O) groups excluding carboxylic acids is 3. The first-order valence-electron chi connectivity index (χ1n) is 19.6. The van der Waals surface area contributed by atoms with Gasteiger partial charge in [-0.15, -0.1) is 0 Å². The molecule has 5 rings (SSSR count). The average Bonchev–Trinajstić information content (AvgIpc) is 3.30. The number of aliphatic hydroxyl groups is 2. The molecule has 2 N–H and O–H groups in total. The van der Waals surface area contributed by atoms with Gasteiger partial charge in [-0.2, -0.15) is 0 Å². The van der Waals surface area contributed by atoms with Gasteiger partial charge in [0.15, 0.2) is 17.7 Å². The maximum atomic E-state index is 15.3. The van der Waals surface area contributed by atoms with Gasteiger partial charge in [0.1, 0.15) is 17.6 Å². The van der Waals surface area contributed by atoms with Gasteiger partial charge in [-0.25, -0.2) is 4.79 Å². The fourth-order valence-electron chi connectivity index (χ4n) is 9.81. The van der Waals surface area contributed by atoms with E-state index in [1.807, 2.05) is 53.6 Å². The summed E-state index contributed by atoms with van der Waals surface area (Å²) in [5, 5.41) is 22.7. The Morgan fingerprint density at radius 1 is 1.05 bits per heavy atom. The molecular weight excluding hydrogens is 730 g/mol. The Kier molecular flexibility index (Phi) is 13.2. The highest BCUT2D eigenvalue weighted by Crippen LogP contribution is 2.46. The summed E-state index contributed by atoms with van der Waals surface area (Å²) in [5.74, 6) is -2.92. The molecule has 0 radical (unpaired) electrons. The van der Waals surface area contributed by atoms with E-state index in [4.69, 9.17) is 40.3 Å². The van der Waals surface area contributed by atoms with Gasteiger partial charge < -0.3 is 38.8 Å². The van der Waals surface area contributed by atoms with Crippen LogP contribution in [0.4, 0.5) is 4.79 Å². The van der Waals surface area contributed by atoms with Crippen LogP contribution in [0.2, 0.25) is 5.02 Å². The second-order valence-corrected chi connectivity index (χ2v) is 17.6. The van der Waals surface area contributed by atoms with Gasteiger partial charge in [0.05, 0.1) is 43.0 Å². The molecule has 14 atom stereocenters. The summed E-state index contributed by atoms with van der Waals surface area (Å²) in [6.45, 7) is 14.5. The van der Waals surface area contributed by atoms with Gasteiger partial charge in [-0.05, 0) is 91.1 Å². The van der Waals surface area contributed by atoms with Crippen molar-refractivity contribution in [2.24, 2.45) is 28.2 Å². The summed E-state index contributed by atoms with van der Waals surface area (Å²) in [6, 6.07) is 5.32. The first kappa shape index (κ1) is 43.5. The van der Waals surface area contributed by atoms with Crippen LogP contribution >= 0.6 is 11.6 Å². The lowest BCUT2D eigenvalue weighted by Crippen LogP contribution is -2.61. The Balaban J connectivity index is 1.71. The summed E-state index contributed by atoms with van der Waals surface area (Å²) >= 11 is 6.24. The maximum absolute atomic E-state index is 15.3. The molecule has 4 aliphatic heterocycles. The van der Waals surface area contributed by atoms with Crippen molar-refractivity contribution in [2.45, 2.75) is 141 Å². The number of esters is 1. The zero-order valence-corrected chi connectivity index (χ0v) is 35.0. The standard InChI is InChI=1S/C41H62ClN3O10/c1-12-30-41(8)33-24(4)31(43-20-28(21-46)45(33)38(50)55-41)22(2)18-40(7,51-11)35(54-36-32(47)29(44(9)10)17-23(3)52-36)25(5)34(48)39(6,37(49)53-30)19-26-13-15-27(42)16-14-26/h13-16,22-25,28-30,32-33,35-36,46-47H,12,17-21H2,1-11H3/t22-,23-,24+,25+,28+,29+,30+,32-,33?,35-,36?,39?,40+,41?/m1/s1. The number of methoxy groups -OCH3 is 1. The number of halogens is 1. The Hall–Kier alpha value is -2.65. The number of nitrogens with zero attached hydrogens (tertiary/aromatic N) is 3. The Morgan fingerprint density at radius 3 is 2.29 bits per heavy atom. The number of aliphatic imine (C=N–C) groups is 1. The minimum atomic E-state index is -1.77. The monoisotopic (exact) mass is 791 g/mol. The number of ether oxygens (including phenoxy) is 5. The maximum Gasteiger partial charge on any atom is 0.411 e. The van der Waals surface area contributed by atoms with Crippen molar-refractivity contribution < 1.29 is 48.3 Å². The fraction of sp³-hybridized carbons (Fsp3) is 0.756. The lowest BCUT2D eigenvalue weighted by Gasteiger charge is -2.48. The van der Waals surface area contributed by atoms with Crippen LogP contribution in [0.1, 0.15) is 80.2 Å². The summed E-state index contributed by atoms with van der Waals surface area (Å²) in [7, 11) is 5.34. The zero-order chi connectivity index (χ0) is 40.8. The van der Waals surface area contributed by atoms with E-state index in [9.17, 15) is 19.8 Å². The number of carbonyl (C=O) groups is 3. The lowest BCUT2D eigenvalue weighted by molar-refractivity contribution is -0.295. The van der Waals surface area contributed by atoms with E-state index < -0.39 is 83.0 Å². The average molecular weight is 792 g/mol. The zero-order valence-electron chi connectivity index (χ0n) is 34.3. The number of aliphatic hydroxyl groups excluding tert-OH is 2. The quantitative estimate of drug-likeness (QED) is 0.278. The molecule has 308 valence electrons. The Morgan fingerprint density at radius 2 is 1.71 bits per heavy atom. The molecule has 14 heteroatoms. The van der Waals surface area contributed by atoms with Crippen molar-refractivity contribution in [3.8, 4) is 0 Å². The second kappa shape index (κ2) is 16.7. The minimum Gasteiger partial charge on any atom is -0.457 e. The third kappa shape index (κ3) is 8.09. The fourth-order valence-corrected chi connectivity index (χ4v) is 9.93. The smallest absolute Gasteiger partial charge is 0.411 e. The van der Waals surface area contributed by atoms with Crippen molar-refractivity contribution >= 4 is 35.2 Å². The molecule has 13 nitrogen and oxygen atoms in total. The number of hydrogen-bond acceptors (Lipinski definition) is 12. The van der Waals surface area contributed by atoms with Crippen LogP contribution in [0.15, 0.2) is 29.3 Å². The van der Waals surface area contributed by atoms with E-state index in [0.717, 1.165) is 5.71 Å². The van der Waals surface area contributed by atoms with Gasteiger partial charge in [0, 0.05) is 35.7 Å². The molecule has 4 unspecified atom stereocenters. The predicted octanol–water partition coefficient (Wildman–Crippen LogP) is 4.70. The first-order chi connectivity index (χ1) is 25.8. The molecule has 0 aliphatic carbocycles. The van der Waals surface area contributed by atoms with E-state index in [1.165, 1.54) is 0 Å². The van der Waals surface area contributed by atoms with Crippen molar-refractivity contribution in [1.82, 2.24) is 9.80 Å². The van der Waals surface area contributed by atoms with Crippen LogP contribution in [0.3, 0.4) is 0 Å². The number of amides is 1. The van der Waals surface area contributed by atoms with E-state index in [0.29, 0.717) is 23.4 Å². The minimum absolute atomic E-state index is 0.0242. The summed E-state index contributed by atoms with van der Waals surface area (Å²) in [5.41, 5.74) is -2.88. The molecule has 0 saturated carbocycles. The van der Waals surface area contributed by atoms with Gasteiger partial charge in [0.2, 0.25) is 0 Å². The molecule has 4 aliphatic rings. The number of Topliss-reactive ketones (excluding diaryl/α,β-unsaturated/α-hetero) is 1. The molecule has 2 bridgehead atoms. The third-order valence-corrected chi connectivity index (χ3v) is 13.1. The highest BCUT2D eigenvalue weighted by molar-refractivity contribution is 6.30. The number of hydrogen-bond donors (Lipinski definition) is 2. The van der Waals surface area contributed by atoms with Crippen LogP contribution < -0.4 is 0 Å². The van der Waals surface area contributed by atoms with Crippen molar-refractivity contribution in [3.63, 3.8) is 0 Å². The Bertz CT molecular complexity index is 1590. The Labute approximate surface area is 331 Å². The van der Waals surface area contributed by atoms with E-state index in [2.05, 4.69) is 0 Å². The van der Waals surface area contributed by atoms with Crippen LogP contribution in [-0.2, 0) is 39.7 Å². The molecule has 1 aromatic rings. The number of ketones is 1. The first-order valence-corrected chi connectivity index (χ1v) is 20.0. The highest BCUT2D eigenvalue weighted by Gasteiger charge is 2.63. The van der Waals surface area contributed by atoms with Crippen molar-refractivity contribution in [2.75, 3.05) is 34.4 Å². The summed E-state index contributed by atoms with van der Waals surface area (Å²) < 4.78 is 32.1. The van der Waals surface area contributed by atoms with Crippen molar-refractivity contribution in [1.29, 1.82) is 0 Å². The number of rotatable bonds is 8. The lowest BCUT2D eigenvalue weighted by atomic mass is 9.69. The van der Waals surface area contributed by atoms with E-state index in [-0.39, 0.29) is 44.1 Å². The molecule has 0 spiro atoms. The number of cyclic esters (lactones) is 1. The molecule has 1 aromatic carbocycles. The van der Waals surface area contributed by atoms with Gasteiger partial charge in [-0.1, -0.05) is 51.4 Å². The molecule has 4 heterocycles. The number of likely N-dealkylation sites (N-methyl/N-ethyl adjacent to an activating group) is 1. The predicted molar refractivity (Wildman–Crippen MR) is 207 cm³/mol. The molecule has 3 fully saturated rings. The largest absolute Gasteiger partial charge is 0.457 e. The molecule has 3 saturated heterocycles. The highest BCUT2D eigenvalue weighted by atomic mass is 35.5. The van der Waals surface area contributed by atoms with Crippen LogP contribution in [0.5, 0.6) is 0 Å². The van der Waals surface area contributed by atoms with Crippen molar-refractivity contribution in [3.05, 3.63) is 34.9 Å². The van der Waals surface area contributed by atoms with E-state index in [1.54, 1.807) is 57.0 Å². The topological polar surface area (TPSA) is 157 Å². The molecular formula is C41H62ClN3O10. The third-order valence-electron chi connectivity index (χ3n) is 12.9. The van der Waals surface area contributed by atoms with E-state index >= 15 is 4.79 Å². The number of benzene rings is 1. The second-order valence-electron chi connectivity index (χ2n) is 17.1. The van der Waals surface area contributed by atoms with Gasteiger partial charge >= 0.3 is 12.1 Å². The molecule has 0 aromatic heterocycles.